The van der Waals surface area contributed by atoms with Crippen LogP contribution in [0, 0.1) is 11.6 Å². The van der Waals surface area contributed by atoms with E-state index in [1.165, 1.54) is 12.3 Å². The van der Waals surface area contributed by atoms with Crippen molar-refractivity contribution in [2.24, 2.45) is 0 Å². The van der Waals surface area contributed by atoms with E-state index in [0.717, 1.165) is 12.1 Å². The molecule has 0 aliphatic heterocycles. The van der Waals surface area contributed by atoms with Gasteiger partial charge in [0.25, 0.3) is 0 Å². The first-order valence-electron chi connectivity index (χ1n) is 6.56. The molecule has 0 saturated carbocycles. The van der Waals surface area contributed by atoms with E-state index in [1.54, 1.807) is 19.1 Å². The lowest BCUT2D eigenvalue weighted by Crippen LogP contribution is -2.30. The second-order valence-corrected chi connectivity index (χ2v) is 5.02. The van der Waals surface area contributed by atoms with Crippen molar-refractivity contribution in [3.63, 3.8) is 0 Å². The third kappa shape index (κ3) is 4.22. The SMILES string of the molecule is C[C@@H](NCC(=O)Nc1cccnc1Cl)c1ccc(F)c(F)c1. The fourth-order valence-electron chi connectivity index (χ4n) is 1.82. The first kappa shape index (κ1) is 16.3. The highest BCUT2D eigenvalue weighted by molar-refractivity contribution is 6.32. The molecule has 0 unspecified atom stereocenters. The maximum atomic E-state index is 13.2. The molecule has 116 valence electrons. The number of hydrogen-bond donors (Lipinski definition) is 2. The number of carbonyl (C=O) groups excluding carboxylic acids is 1. The Hall–Kier alpha value is -2.05. The Labute approximate surface area is 131 Å². The molecular weight excluding hydrogens is 312 g/mol. The molecule has 1 atom stereocenters. The summed E-state index contributed by atoms with van der Waals surface area (Å²) in [6, 6.07) is 6.59. The van der Waals surface area contributed by atoms with Crippen LogP contribution in [-0.2, 0) is 4.79 Å². The topological polar surface area (TPSA) is 54.0 Å². The van der Waals surface area contributed by atoms with Crippen LogP contribution in [0.25, 0.3) is 0 Å². The lowest BCUT2D eigenvalue weighted by atomic mass is 10.1. The molecule has 2 rings (SSSR count). The predicted molar refractivity (Wildman–Crippen MR) is 80.7 cm³/mol. The van der Waals surface area contributed by atoms with E-state index in [-0.39, 0.29) is 23.6 Å². The van der Waals surface area contributed by atoms with Gasteiger partial charge < -0.3 is 10.6 Å². The molecule has 1 heterocycles. The monoisotopic (exact) mass is 325 g/mol. The zero-order valence-corrected chi connectivity index (χ0v) is 12.5. The van der Waals surface area contributed by atoms with Gasteiger partial charge in [0.05, 0.1) is 12.2 Å². The summed E-state index contributed by atoms with van der Waals surface area (Å²) in [7, 11) is 0. The van der Waals surface area contributed by atoms with Crippen LogP contribution < -0.4 is 10.6 Å². The summed E-state index contributed by atoms with van der Waals surface area (Å²) in [5, 5.41) is 5.73. The first-order valence-corrected chi connectivity index (χ1v) is 6.94. The Kier molecular flexibility index (Phi) is 5.41. The van der Waals surface area contributed by atoms with Crippen molar-refractivity contribution in [3.05, 3.63) is 58.9 Å². The van der Waals surface area contributed by atoms with Gasteiger partial charge in [0.15, 0.2) is 16.8 Å². The smallest absolute Gasteiger partial charge is 0.238 e. The first-order chi connectivity index (χ1) is 10.5. The number of carbonyl (C=O) groups is 1. The van der Waals surface area contributed by atoms with Crippen molar-refractivity contribution in [2.45, 2.75) is 13.0 Å². The van der Waals surface area contributed by atoms with Crippen molar-refractivity contribution < 1.29 is 13.6 Å². The van der Waals surface area contributed by atoms with E-state index in [0.29, 0.717) is 11.3 Å². The van der Waals surface area contributed by atoms with Gasteiger partial charge in [0.2, 0.25) is 5.91 Å². The summed E-state index contributed by atoms with van der Waals surface area (Å²) < 4.78 is 26.0. The average molecular weight is 326 g/mol. The predicted octanol–water partition coefficient (Wildman–Crippen LogP) is 3.30. The van der Waals surface area contributed by atoms with Gasteiger partial charge in [0, 0.05) is 12.2 Å². The second-order valence-electron chi connectivity index (χ2n) is 4.67. The van der Waals surface area contributed by atoms with Gasteiger partial charge in [-0.25, -0.2) is 13.8 Å². The number of anilines is 1. The van der Waals surface area contributed by atoms with E-state index >= 15 is 0 Å². The Balaban J connectivity index is 1.90. The number of benzene rings is 1. The van der Waals surface area contributed by atoms with Crippen molar-refractivity contribution >= 4 is 23.2 Å². The molecule has 1 amide bonds. The zero-order valence-electron chi connectivity index (χ0n) is 11.7. The molecule has 7 heteroatoms. The highest BCUT2D eigenvalue weighted by Crippen LogP contribution is 2.18. The van der Waals surface area contributed by atoms with Crippen LogP contribution >= 0.6 is 11.6 Å². The van der Waals surface area contributed by atoms with Gasteiger partial charge in [-0.3, -0.25) is 4.79 Å². The standard InChI is InChI=1S/C15H14ClF2N3O/c1-9(10-4-5-11(17)12(18)7-10)20-8-14(22)21-13-3-2-6-19-15(13)16/h2-7,9,20H,8H2,1H3,(H,21,22)/t9-/m1/s1. The zero-order chi connectivity index (χ0) is 16.1. The minimum atomic E-state index is -0.919. The second kappa shape index (κ2) is 7.29. The molecule has 1 aromatic heterocycles. The molecular formula is C15H14ClF2N3O. The van der Waals surface area contributed by atoms with Gasteiger partial charge >= 0.3 is 0 Å². The number of amides is 1. The Morgan fingerprint density at radius 1 is 1.32 bits per heavy atom. The summed E-state index contributed by atoms with van der Waals surface area (Å²) in [5.41, 5.74) is 0.961. The molecule has 0 fully saturated rings. The summed E-state index contributed by atoms with van der Waals surface area (Å²) in [4.78, 5) is 15.7. The molecule has 0 aliphatic rings. The van der Waals surface area contributed by atoms with E-state index in [2.05, 4.69) is 15.6 Å². The number of nitrogens with zero attached hydrogens (tertiary/aromatic N) is 1. The summed E-state index contributed by atoms with van der Waals surface area (Å²) in [5.74, 6) is -2.14. The summed E-state index contributed by atoms with van der Waals surface area (Å²) >= 11 is 5.84. The lowest BCUT2D eigenvalue weighted by molar-refractivity contribution is -0.115. The van der Waals surface area contributed by atoms with E-state index in [4.69, 9.17) is 11.6 Å². The van der Waals surface area contributed by atoms with Crippen LogP contribution in [0.1, 0.15) is 18.5 Å². The number of halogens is 3. The van der Waals surface area contributed by atoms with Gasteiger partial charge in [-0.2, -0.15) is 0 Å². The molecule has 0 saturated heterocycles. The van der Waals surface area contributed by atoms with E-state index in [1.807, 2.05) is 0 Å². The minimum Gasteiger partial charge on any atom is -0.322 e. The fraction of sp³-hybridized carbons (Fsp3) is 0.200. The summed E-state index contributed by atoms with van der Waals surface area (Å²) in [6.07, 6.45) is 1.52. The normalized spacial score (nSPS) is 12.0. The van der Waals surface area contributed by atoms with E-state index < -0.39 is 11.6 Å². The molecule has 0 bridgehead atoms. The number of nitrogens with one attached hydrogen (secondary N) is 2. The van der Waals surface area contributed by atoms with Crippen molar-refractivity contribution in [3.8, 4) is 0 Å². The molecule has 4 nitrogen and oxygen atoms in total. The Bertz CT molecular complexity index is 682. The average Bonchev–Trinajstić information content (AvgIpc) is 2.50. The van der Waals surface area contributed by atoms with Crippen LogP contribution in [0.15, 0.2) is 36.5 Å². The van der Waals surface area contributed by atoms with Crippen LogP contribution in [0.3, 0.4) is 0 Å². The molecule has 2 aromatic rings. The fourth-order valence-corrected chi connectivity index (χ4v) is 1.99. The number of pyridine rings is 1. The molecule has 0 radical (unpaired) electrons. The molecule has 1 aromatic carbocycles. The Morgan fingerprint density at radius 2 is 2.09 bits per heavy atom. The van der Waals surface area contributed by atoms with Crippen LogP contribution in [0.5, 0.6) is 0 Å². The maximum Gasteiger partial charge on any atom is 0.238 e. The number of hydrogen-bond acceptors (Lipinski definition) is 3. The third-order valence-electron chi connectivity index (χ3n) is 3.05. The van der Waals surface area contributed by atoms with Crippen LogP contribution in [-0.4, -0.2) is 17.4 Å². The summed E-state index contributed by atoms with van der Waals surface area (Å²) in [6.45, 7) is 1.74. The largest absolute Gasteiger partial charge is 0.322 e. The van der Waals surface area contributed by atoms with E-state index in [9.17, 15) is 13.6 Å². The van der Waals surface area contributed by atoms with Crippen molar-refractivity contribution in [1.82, 2.24) is 10.3 Å². The molecule has 0 spiro atoms. The number of rotatable bonds is 5. The maximum absolute atomic E-state index is 13.2. The number of aromatic nitrogens is 1. The van der Waals surface area contributed by atoms with Crippen LogP contribution in [0.4, 0.5) is 14.5 Å². The minimum absolute atomic E-state index is 0.00855. The third-order valence-corrected chi connectivity index (χ3v) is 3.35. The molecule has 2 N–H and O–H groups in total. The van der Waals surface area contributed by atoms with Gasteiger partial charge in [-0.1, -0.05) is 17.7 Å². The van der Waals surface area contributed by atoms with Gasteiger partial charge in [0.1, 0.15) is 0 Å². The lowest BCUT2D eigenvalue weighted by Gasteiger charge is -2.14. The van der Waals surface area contributed by atoms with Gasteiger partial charge in [-0.05, 0) is 36.8 Å². The van der Waals surface area contributed by atoms with Crippen molar-refractivity contribution in [2.75, 3.05) is 11.9 Å². The van der Waals surface area contributed by atoms with Crippen molar-refractivity contribution in [1.29, 1.82) is 0 Å². The molecule has 22 heavy (non-hydrogen) atoms. The molecule has 0 aliphatic carbocycles. The van der Waals surface area contributed by atoms with Crippen LogP contribution in [0.2, 0.25) is 5.15 Å². The van der Waals surface area contributed by atoms with Gasteiger partial charge in [-0.15, -0.1) is 0 Å². The quantitative estimate of drug-likeness (QED) is 0.829. The highest BCUT2D eigenvalue weighted by Gasteiger charge is 2.11. The highest BCUT2D eigenvalue weighted by atomic mass is 35.5. The Morgan fingerprint density at radius 3 is 2.77 bits per heavy atom.